The molecule has 0 saturated carbocycles. The molecule has 11 heteroatoms. The maximum Gasteiger partial charge on any atom is 0.266 e. The molecule has 5 aromatic rings. The highest BCUT2D eigenvalue weighted by Gasteiger charge is 2.65. The maximum atomic E-state index is 14.6. The molecule has 4 heterocycles. The van der Waals surface area contributed by atoms with Crippen LogP contribution >= 0.6 is 0 Å². The van der Waals surface area contributed by atoms with Gasteiger partial charge < -0.3 is 29.5 Å². The topological polar surface area (TPSA) is 118 Å². The predicted molar refractivity (Wildman–Crippen MR) is 220 cm³/mol. The highest BCUT2D eigenvalue weighted by Crippen LogP contribution is 2.59. The van der Waals surface area contributed by atoms with Crippen molar-refractivity contribution in [1.29, 1.82) is 0 Å². The number of fused-ring (bicyclic) bond motifs is 5. The smallest absolute Gasteiger partial charge is 0.266 e. The summed E-state index contributed by atoms with van der Waals surface area (Å²) < 4.78 is 19.0. The number of nitrogens with zero attached hydrogens (tertiary/aromatic N) is 2. The summed E-state index contributed by atoms with van der Waals surface area (Å²) >= 11 is 0. The minimum Gasteiger partial charge on any atom is -0.497 e. The Morgan fingerprint density at radius 3 is 2.37 bits per heavy atom. The Hall–Kier alpha value is -5.75. The molecule has 1 saturated heterocycles. The van der Waals surface area contributed by atoms with Crippen molar-refractivity contribution in [3.63, 3.8) is 0 Å². The number of amides is 3. The lowest BCUT2D eigenvalue weighted by molar-refractivity contribution is -0.149. The number of carbonyl (C=O) groups excluding carboxylic acids is 3. The number of aliphatic hydroxyl groups is 1. The zero-order chi connectivity index (χ0) is 39.6. The fourth-order valence-corrected chi connectivity index (χ4v) is 13.9. The van der Waals surface area contributed by atoms with Crippen LogP contribution in [0, 0.1) is 5.92 Å². The van der Waals surface area contributed by atoms with E-state index in [0.29, 0.717) is 52.7 Å². The lowest BCUT2D eigenvalue weighted by Crippen LogP contribution is -2.52. The van der Waals surface area contributed by atoms with Crippen LogP contribution < -0.4 is 24.9 Å². The van der Waals surface area contributed by atoms with Crippen molar-refractivity contribution in [2.24, 2.45) is 5.92 Å². The number of para-hydroxylation sites is 3. The second-order valence-electron chi connectivity index (χ2n) is 16.1. The molecule has 2 N–H and O–H groups in total. The average Bonchev–Trinajstić information content (AvgIpc) is 3.64. The number of benzene rings is 5. The zero-order valence-electron chi connectivity index (χ0n) is 32.4. The summed E-state index contributed by atoms with van der Waals surface area (Å²) in [6.07, 6.45) is -0.0308. The lowest BCUT2D eigenvalue weighted by atomic mass is 9.82. The van der Waals surface area contributed by atoms with Gasteiger partial charge in [-0.1, -0.05) is 85.9 Å². The summed E-state index contributed by atoms with van der Waals surface area (Å²) in [6.45, 7) is 6.85. The van der Waals surface area contributed by atoms with Crippen LogP contribution in [0.5, 0.6) is 17.2 Å². The van der Waals surface area contributed by atoms with Crippen molar-refractivity contribution in [1.82, 2.24) is 4.90 Å². The highest BCUT2D eigenvalue weighted by atomic mass is 28.3. The Morgan fingerprint density at radius 1 is 0.912 bits per heavy atom. The van der Waals surface area contributed by atoms with Crippen LogP contribution in [0.25, 0.3) is 0 Å². The van der Waals surface area contributed by atoms with E-state index in [-0.39, 0.29) is 48.3 Å². The van der Waals surface area contributed by atoms with Crippen molar-refractivity contribution < 1.29 is 33.7 Å². The van der Waals surface area contributed by atoms with E-state index in [2.05, 4.69) is 43.5 Å². The molecule has 0 radical (unpaired) electrons. The first-order chi connectivity index (χ1) is 27.5. The molecule has 5 aromatic carbocycles. The molecule has 10 nitrogen and oxygen atoms in total. The highest BCUT2D eigenvalue weighted by molar-refractivity contribution is 6.91. The maximum absolute atomic E-state index is 14.6. The van der Waals surface area contributed by atoms with Gasteiger partial charge in [0.1, 0.15) is 11.5 Å². The third-order valence-electron chi connectivity index (χ3n) is 12.7. The van der Waals surface area contributed by atoms with Gasteiger partial charge in [-0.25, -0.2) is 0 Å². The van der Waals surface area contributed by atoms with Gasteiger partial charge in [-0.3, -0.25) is 19.3 Å². The molecule has 4 aliphatic heterocycles. The predicted octanol–water partition coefficient (Wildman–Crippen LogP) is 7.28. The molecule has 3 amide bonds. The second-order valence-corrected chi connectivity index (χ2v) is 20.8. The third kappa shape index (κ3) is 5.86. The van der Waals surface area contributed by atoms with Crippen LogP contribution in [0.4, 0.5) is 17.1 Å². The number of rotatable bonds is 7. The summed E-state index contributed by atoms with van der Waals surface area (Å²) in [4.78, 5) is 47.1. The van der Waals surface area contributed by atoms with Crippen LogP contribution in [-0.2, 0) is 32.9 Å². The molecule has 0 unspecified atom stereocenters. The van der Waals surface area contributed by atoms with Crippen LogP contribution in [-0.4, -0.2) is 61.7 Å². The summed E-state index contributed by atoms with van der Waals surface area (Å²) in [6, 6.07) is 35.9. The monoisotopic (exact) mass is 779 g/mol. The van der Waals surface area contributed by atoms with Gasteiger partial charge in [0.2, 0.25) is 5.91 Å². The molecule has 57 heavy (non-hydrogen) atoms. The Bertz CT molecular complexity index is 2420. The Morgan fingerprint density at radius 2 is 1.61 bits per heavy atom. The number of ether oxygens (including phenoxy) is 3. The normalized spacial score (nSPS) is 23.5. The molecule has 1 fully saturated rings. The number of methoxy groups -OCH3 is 1. The molecule has 290 valence electrons. The van der Waals surface area contributed by atoms with Crippen LogP contribution in [0.2, 0.25) is 18.6 Å². The van der Waals surface area contributed by atoms with E-state index >= 15 is 0 Å². The molecule has 4 aliphatic rings. The van der Waals surface area contributed by atoms with Gasteiger partial charge in [-0.15, -0.1) is 0 Å². The van der Waals surface area contributed by atoms with Gasteiger partial charge in [0, 0.05) is 29.4 Å². The number of carbonyl (C=O) groups is 3. The van der Waals surface area contributed by atoms with Crippen molar-refractivity contribution >= 4 is 48.0 Å². The van der Waals surface area contributed by atoms with Crippen molar-refractivity contribution in [3.05, 3.63) is 138 Å². The minimum atomic E-state index is -2.56. The van der Waals surface area contributed by atoms with Gasteiger partial charge in [0.25, 0.3) is 11.8 Å². The van der Waals surface area contributed by atoms with Gasteiger partial charge in [-0.05, 0) is 77.7 Å². The SMILES string of the molecule is COc1ccc([Si](C)(C)[C@@H]2[C@@H](CC(=O)N3Cc4ccccc4C[C@H]3CO)O[C@]3(C(=O)Nc4ccc(N5C(=O)c6ccccc6Oc6ccccc65)cc43)[C@H]2C)cc1. The van der Waals surface area contributed by atoms with E-state index in [0.717, 1.165) is 22.1 Å². The fraction of sp³-hybridized carbons (Fsp3) is 0.283. The zero-order valence-corrected chi connectivity index (χ0v) is 33.4. The van der Waals surface area contributed by atoms with E-state index in [1.54, 1.807) is 29.0 Å². The first-order valence-corrected chi connectivity index (χ1v) is 22.6. The third-order valence-corrected chi connectivity index (χ3v) is 17.1. The van der Waals surface area contributed by atoms with Gasteiger partial charge in [-0.2, -0.15) is 0 Å². The van der Waals surface area contributed by atoms with E-state index in [1.807, 2.05) is 84.9 Å². The van der Waals surface area contributed by atoms with Crippen molar-refractivity contribution in [3.8, 4) is 17.2 Å². The van der Waals surface area contributed by atoms with Crippen LogP contribution in [0.3, 0.4) is 0 Å². The molecule has 5 atom stereocenters. The quantitative estimate of drug-likeness (QED) is 0.167. The molecule has 0 aliphatic carbocycles. The fourth-order valence-electron chi connectivity index (χ4n) is 9.86. The number of hydrogen-bond donors (Lipinski definition) is 2. The molecule has 0 aromatic heterocycles. The molecular weight excluding hydrogens is 735 g/mol. The Kier molecular flexibility index (Phi) is 9.06. The van der Waals surface area contributed by atoms with E-state index in [9.17, 15) is 19.5 Å². The molecule has 1 spiro atoms. The number of anilines is 3. The van der Waals surface area contributed by atoms with Crippen LogP contribution in [0.1, 0.15) is 40.4 Å². The Balaban J connectivity index is 1.14. The van der Waals surface area contributed by atoms with E-state index in [4.69, 9.17) is 14.2 Å². The first-order valence-electron chi connectivity index (χ1n) is 19.5. The second kappa shape index (κ2) is 14.0. The largest absolute Gasteiger partial charge is 0.497 e. The number of aliphatic hydroxyl groups excluding tert-OH is 1. The van der Waals surface area contributed by atoms with Crippen LogP contribution in [0.15, 0.2) is 115 Å². The average molecular weight is 780 g/mol. The summed E-state index contributed by atoms with van der Waals surface area (Å²) in [5, 5.41) is 14.8. The number of hydrogen-bond acceptors (Lipinski definition) is 7. The molecular formula is C46H45N3O7Si. The summed E-state index contributed by atoms with van der Waals surface area (Å²) in [5.74, 6) is 0.676. The van der Waals surface area contributed by atoms with Gasteiger partial charge in [0.15, 0.2) is 11.4 Å². The van der Waals surface area contributed by atoms with Gasteiger partial charge >= 0.3 is 0 Å². The molecule has 9 rings (SSSR count). The van der Waals surface area contributed by atoms with Crippen molar-refractivity contribution in [2.75, 3.05) is 23.9 Å². The van der Waals surface area contributed by atoms with Gasteiger partial charge in [0.05, 0.1) is 51.6 Å². The van der Waals surface area contributed by atoms with E-state index < -0.39 is 19.8 Å². The first kappa shape index (κ1) is 36.9. The Labute approximate surface area is 333 Å². The molecule has 0 bridgehead atoms. The standard InChI is InChI=1S/C46H45N3O7Si/c1-28-43(57(3,4)34-20-18-33(54-2)19-21-34)41(25-42(51)48-26-30-12-6-5-11-29(30)23-32(48)27-50)56-46(28)36-24-31(17-22-37(36)47-45(46)53)49-38-14-8-10-16-40(38)55-39-15-9-7-13-35(39)44(49)52/h5-22,24,28,32,41,43,50H,23,25-27H2,1-4H3,(H,47,53)/t28-,32-,41+,43-,46+/m0/s1. The van der Waals surface area contributed by atoms with Crippen molar-refractivity contribution in [2.45, 2.75) is 62.7 Å². The lowest BCUT2D eigenvalue weighted by Gasteiger charge is -2.39. The summed E-state index contributed by atoms with van der Waals surface area (Å²) in [7, 11) is -0.923. The number of nitrogens with one attached hydrogen (secondary N) is 1. The van der Waals surface area contributed by atoms with E-state index in [1.165, 1.54) is 0 Å². The minimum absolute atomic E-state index is 0.0381. The summed E-state index contributed by atoms with van der Waals surface area (Å²) in [5.41, 5.74) is 3.31.